The summed E-state index contributed by atoms with van der Waals surface area (Å²) in [7, 11) is 0. The average molecular weight is 268 g/mol. The number of aromatic carboxylic acids is 1. The molecule has 0 amide bonds. The molecule has 17 heavy (non-hydrogen) atoms. The van der Waals surface area contributed by atoms with Crippen molar-refractivity contribution in [1.82, 2.24) is 4.98 Å². The maximum Gasteiger partial charge on any atom is 0.345 e. The lowest BCUT2D eigenvalue weighted by Crippen LogP contribution is -2.29. The van der Waals surface area contributed by atoms with Crippen LogP contribution in [-0.4, -0.2) is 29.1 Å². The maximum absolute atomic E-state index is 10.8. The van der Waals surface area contributed by atoms with E-state index in [0.717, 1.165) is 27.8 Å². The van der Waals surface area contributed by atoms with Crippen molar-refractivity contribution < 1.29 is 9.90 Å². The van der Waals surface area contributed by atoms with Gasteiger partial charge in [0.15, 0.2) is 5.13 Å². The van der Waals surface area contributed by atoms with Crippen molar-refractivity contribution in [2.45, 2.75) is 19.3 Å². The van der Waals surface area contributed by atoms with Gasteiger partial charge in [-0.1, -0.05) is 11.3 Å². The minimum Gasteiger partial charge on any atom is -0.477 e. The number of fused-ring (bicyclic) bond motifs is 1. The van der Waals surface area contributed by atoms with Crippen LogP contribution in [0, 0.1) is 0 Å². The number of hydrogen-bond donors (Lipinski definition) is 1. The van der Waals surface area contributed by atoms with Gasteiger partial charge < -0.3 is 10.0 Å². The van der Waals surface area contributed by atoms with Crippen LogP contribution in [0.25, 0.3) is 9.53 Å². The average Bonchev–Trinajstić information content (AvgIpc) is 2.87. The van der Waals surface area contributed by atoms with Crippen LogP contribution in [0.4, 0.5) is 5.13 Å². The molecule has 0 saturated carbocycles. The van der Waals surface area contributed by atoms with Crippen molar-refractivity contribution in [2.75, 3.05) is 18.0 Å². The van der Waals surface area contributed by atoms with E-state index in [1.807, 2.05) is 0 Å². The summed E-state index contributed by atoms with van der Waals surface area (Å²) < 4.78 is 0.993. The lowest BCUT2D eigenvalue weighted by molar-refractivity contribution is 0.0702. The molecule has 0 bridgehead atoms. The summed E-state index contributed by atoms with van der Waals surface area (Å²) in [4.78, 5) is 18.9. The van der Waals surface area contributed by atoms with Gasteiger partial charge in [0.1, 0.15) is 9.71 Å². The van der Waals surface area contributed by atoms with Gasteiger partial charge >= 0.3 is 5.97 Å². The second-order valence-electron chi connectivity index (χ2n) is 4.13. The fourth-order valence-corrected chi connectivity index (χ4v) is 4.15. The molecular weight excluding hydrogens is 256 g/mol. The molecule has 0 radical (unpaired) electrons. The zero-order chi connectivity index (χ0) is 11.8. The summed E-state index contributed by atoms with van der Waals surface area (Å²) in [5.74, 6) is -0.861. The second kappa shape index (κ2) is 4.27. The Bertz CT molecular complexity index is 523. The summed E-state index contributed by atoms with van der Waals surface area (Å²) in [5.41, 5.74) is 0. The Labute approximate surface area is 107 Å². The largest absolute Gasteiger partial charge is 0.477 e. The third-order valence-electron chi connectivity index (χ3n) is 2.92. The lowest BCUT2D eigenvalue weighted by Gasteiger charge is -2.25. The Morgan fingerprint density at radius 3 is 2.71 bits per heavy atom. The minimum atomic E-state index is -0.861. The first-order valence-electron chi connectivity index (χ1n) is 5.62. The highest BCUT2D eigenvalue weighted by Crippen LogP contribution is 2.35. The molecule has 1 aliphatic heterocycles. The highest BCUT2D eigenvalue weighted by atomic mass is 32.1. The zero-order valence-corrected chi connectivity index (χ0v) is 10.8. The van der Waals surface area contributed by atoms with E-state index in [2.05, 4.69) is 9.88 Å². The number of aromatic nitrogens is 1. The number of carboxylic acid groups (broad SMARTS) is 1. The molecule has 0 aromatic carbocycles. The van der Waals surface area contributed by atoms with Crippen LogP contribution < -0.4 is 4.90 Å². The van der Waals surface area contributed by atoms with Gasteiger partial charge in [-0.3, -0.25) is 0 Å². The predicted octanol–water partition coefficient (Wildman–Crippen LogP) is 3.05. The van der Waals surface area contributed by atoms with Gasteiger partial charge in [0, 0.05) is 13.1 Å². The van der Waals surface area contributed by atoms with Gasteiger partial charge in [-0.2, -0.15) is 0 Å². The standard InChI is InChI=1S/C11H12N2O2S2/c14-10(15)8-6-7-9(16-8)12-11(17-7)13-4-2-1-3-5-13/h6H,1-5H2,(H,14,15). The molecule has 3 heterocycles. The molecule has 0 spiro atoms. The molecule has 6 heteroatoms. The van der Waals surface area contributed by atoms with Crippen molar-refractivity contribution in [3.8, 4) is 0 Å². The second-order valence-corrected chi connectivity index (χ2v) is 6.17. The van der Waals surface area contributed by atoms with Gasteiger partial charge in [-0.15, -0.1) is 11.3 Å². The van der Waals surface area contributed by atoms with E-state index in [9.17, 15) is 4.79 Å². The molecule has 1 aliphatic rings. The molecule has 1 N–H and O–H groups in total. The Morgan fingerprint density at radius 1 is 1.29 bits per heavy atom. The molecule has 3 rings (SSSR count). The van der Waals surface area contributed by atoms with Crippen molar-refractivity contribution in [2.24, 2.45) is 0 Å². The van der Waals surface area contributed by atoms with Crippen molar-refractivity contribution >= 4 is 43.3 Å². The number of carbonyl (C=O) groups is 1. The van der Waals surface area contributed by atoms with Crippen molar-refractivity contribution in [3.05, 3.63) is 10.9 Å². The molecule has 0 unspecified atom stereocenters. The van der Waals surface area contributed by atoms with Crippen LogP contribution in [0.1, 0.15) is 28.9 Å². The molecule has 1 saturated heterocycles. The molecular formula is C11H12N2O2S2. The Morgan fingerprint density at radius 2 is 2.06 bits per heavy atom. The van der Waals surface area contributed by atoms with E-state index in [1.54, 1.807) is 17.4 Å². The summed E-state index contributed by atoms with van der Waals surface area (Å²) in [6, 6.07) is 1.73. The number of hydrogen-bond acceptors (Lipinski definition) is 5. The van der Waals surface area contributed by atoms with Gasteiger partial charge in [0.2, 0.25) is 0 Å². The first-order valence-corrected chi connectivity index (χ1v) is 7.26. The molecule has 2 aromatic rings. The number of thiazole rings is 1. The van der Waals surface area contributed by atoms with Crippen LogP contribution in [0.15, 0.2) is 6.07 Å². The van der Waals surface area contributed by atoms with Gasteiger partial charge in [-0.05, 0) is 25.3 Å². The zero-order valence-electron chi connectivity index (χ0n) is 9.18. The summed E-state index contributed by atoms with van der Waals surface area (Å²) >= 11 is 2.87. The number of nitrogens with zero attached hydrogens (tertiary/aromatic N) is 2. The Kier molecular flexibility index (Phi) is 2.76. The van der Waals surface area contributed by atoms with Crippen LogP contribution in [0.2, 0.25) is 0 Å². The van der Waals surface area contributed by atoms with Crippen LogP contribution in [0.5, 0.6) is 0 Å². The van der Waals surface area contributed by atoms with E-state index in [4.69, 9.17) is 5.11 Å². The highest BCUT2D eigenvalue weighted by molar-refractivity contribution is 7.29. The Hall–Kier alpha value is -1.14. The topological polar surface area (TPSA) is 53.4 Å². The Balaban J connectivity index is 1.91. The van der Waals surface area contributed by atoms with E-state index < -0.39 is 5.97 Å². The summed E-state index contributed by atoms with van der Waals surface area (Å²) in [6.45, 7) is 2.15. The molecule has 1 fully saturated rings. The number of piperidine rings is 1. The lowest BCUT2D eigenvalue weighted by atomic mass is 10.1. The molecule has 0 aliphatic carbocycles. The van der Waals surface area contributed by atoms with E-state index in [-0.39, 0.29) is 0 Å². The third-order valence-corrected chi connectivity index (χ3v) is 5.12. The number of thiophene rings is 1. The van der Waals surface area contributed by atoms with Crippen molar-refractivity contribution in [3.63, 3.8) is 0 Å². The van der Waals surface area contributed by atoms with Gasteiger partial charge in [0.05, 0.1) is 4.70 Å². The van der Waals surface area contributed by atoms with Gasteiger partial charge in [-0.25, -0.2) is 9.78 Å². The van der Waals surface area contributed by atoms with E-state index in [0.29, 0.717) is 4.88 Å². The predicted molar refractivity (Wildman–Crippen MR) is 70.5 cm³/mol. The minimum absolute atomic E-state index is 0.379. The molecule has 90 valence electrons. The van der Waals surface area contributed by atoms with E-state index >= 15 is 0 Å². The number of rotatable bonds is 2. The molecule has 0 atom stereocenters. The van der Waals surface area contributed by atoms with Crippen LogP contribution in [-0.2, 0) is 0 Å². The van der Waals surface area contributed by atoms with E-state index in [1.165, 1.54) is 30.6 Å². The monoisotopic (exact) mass is 268 g/mol. The first-order chi connectivity index (χ1) is 8.24. The first kappa shape index (κ1) is 11.0. The van der Waals surface area contributed by atoms with Crippen LogP contribution >= 0.6 is 22.7 Å². The molecule has 2 aromatic heterocycles. The fraction of sp³-hybridized carbons (Fsp3) is 0.455. The maximum atomic E-state index is 10.8. The molecule has 4 nitrogen and oxygen atoms in total. The number of carboxylic acids is 1. The normalized spacial score (nSPS) is 16.6. The third kappa shape index (κ3) is 2.02. The summed E-state index contributed by atoms with van der Waals surface area (Å²) in [6.07, 6.45) is 3.76. The number of anilines is 1. The van der Waals surface area contributed by atoms with Crippen molar-refractivity contribution in [1.29, 1.82) is 0 Å². The van der Waals surface area contributed by atoms with Crippen LogP contribution in [0.3, 0.4) is 0 Å². The van der Waals surface area contributed by atoms with Gasteiger partial charge in [0.25, 0.3) is 0 Å². The quantitative estimate of drug-likeness (QED) is 0.909. The SMILES string of the molecule is O=C(O)c1cc2sc(N3CCCCC3)nc2s1. The summed E-state index contributed by atoms with van der Waals surface area (Å²) in [5, 5.41) is 9.94. The fourth-order valence-electron chi connectivity index (χ4n) is 2.05. The highest BCUT2D eigenvalue weighted by Gasteiger charge is 2.17. The smallest absolute Gasteiger partial charge is 0.345 e.